The van der Waals surface area contributed by atoms with Crippen molar-refractivity contribution in [3.05, 3.63) is 29.8 Å². The number of hydrogen-bond donors (Lipinski definition) is 0. The summed E-state index contributed by atoms with van der Waals surface area (Å²) in [6.07, 6.45) is 0. The zero-order chi connectivity index (χ0) is 14.4. The van der Waals surface area contributed by atoms with E-state index in [0.717, 1.165) is 45.1 Å². The normalized spacial score (nSPS) is 18.9. The highest BCUT2D eigenvalue weighted by molar-refractivity contribution is 14.1. The van der Waals surface area contributed by atoms with Crippen molar-refractivity contribution < 1.29 is 9.47 Å². The zero-order valence-corrected chi connectivity index (χ0v) is 14.4. The number of halogens is 1. The Balaban J connectivity index is 1.93. The molecule has 0 N–H and O–H groups in total. The first kappa shape index (κ1) is 16.0. The number of benzene rings is 1. The zero-order valence-electron chi connectivity index (χ0n) is 12.2. The van der Waals surface area contributed by atoms with Crippen LogP contribution in [-0.2, 0) is 4.74 Å². The molecular weight excluding hydrogens is 367 g/mol. The summed E-state index contributed by atoms with van der Waals surface area (Å²) < 4.78 is 11.0. The molecule has 0 radical (unpaired) electrons. The number of methoxy groups -OCH3 is 2. The minimum Gasteiger partial charge on any atom is -0.496 e. The summed E-state index contributed by atoms with van der Waals surface area (Å²) in [6, 6.07) is 8.30. The molecule has 1 saturated heterocycles. The summed E-state index contributed by atoms with van der Waals surface area (Å²) in [5.74, 6) is 0.980. The Morgan fingerprint density at radius 2 is 1.85 bits per heavy atom. The molecule has 1 aliphatic rings. The van der Waals surface area contributed by atoms with Crippen molar-refractivity contribution in [1.29, 1.82) is 0 Å². The Morgan fingerprint density at radius 1 is 1.15 bits per heavy atom. The number of ether oxygens (including phenoxy) is 2. The van der Waals surface area contributed by atoms with E-state index in [1.54, 1.807) is 14.2 Å². The van der Waals surface area contributed by atoms with E-state index in [9.17, 15) is 0 Å². The van der Waals surface area contributed by atoms with Crippen molar-refractivity contribution in [1.82, 2.24) is 9.80 Å². The smallest absolute Gasteiger partial charge is 0.124 e. The van der Waals surface area contributed by atoms with Crippen LogP contribution in [0, 0.1) is 0 Å². The van der Waals surface area contributed by atoms with Gasteiger partial charge in [0, 0.05) is 45.4 Å². The van der Waals surface area contributed by atoms with E-state index in [1.165, 1.54) is 5.56 Å². The molecule has 1 aromatic carbocycles. The first-order valence-corrected chi connectivity index (χ1v) is 8.23. The van der Waals surface area contributed by atoms with Crippen LogP contribution in [0.1, 0.15) is 9.61 Å². The summed E-state index contributed by atoms with van der Waals surface area (Å²) in [5.41, 5.74) is 1.26. The van der Waals surface area contributed by atoms with Crippen LogP contribution in [0.15, 0.2) is 24.3 Å². The van der Waals surface area contributed by atoms with Gasteiger partial charge in [0.05, 0.1) is 17.8 Å². The molecule has 1 aliphatic heterocycles. The lowest BCUT2D eigenvalue weighted by Gasteiger charge is -2.37. The van der Waals surface area contributed by atoms with Crippen LogP contribution in [0.2, 0.25) is 0 Å². The summed E-state index contributed by atoms with van der Waals surface area (Å²) in [5, 5.41) is 0. The first-order chi connectivity index (χ1) is 9.76. The second-order valence-corrected chi connectivity index (χ2v) is 6.13. The van der Waals surface area contributed by atoms with Crippen LogP contribution in [0.25, 0.3) is 0 Å². The number of hydrogen-bond acceptors (Lipinski definition) is 4. The van der Waals surface area contributed by atoms with E-state index in [1.807, 2.05) is 12.1 Å². The fourth-order valence-electron chi connectivity index (χ4n) is 2.49. The lowest BCUT2D eigenvalue weighted by atomic mass is 10.1. The molecular formula is C15H23IN2O2. The van der Waals surface area contributed by atoms with Gasteiger partial charge in [0.1, 0.15) is 5.75 Å². The minimum atomic E-state index is 0.369. The topological polar surface area (TPSA) is 24.9 Å². The molecule has 0 bridgehead atoms. The average Bonchev–Trinajstić information content (AvgIpc) is 2.52. The predicted octanol–water partition coefficient (Wildman–Crippen LogP) is 2.39. The van der Waals surface area contributed by atoms with Crippen LogP contribution >= 0.6 is 22.6 Å². The van der Waals surface area contributed by atoms with Crippen molar-refractivity contribution in [2.24, 2.45) is 0 Å². The maximum absolute atomic E-state index is 5.47. The van der Waals surface area contributed by atoms with Gasteiger partial charge in [-0.1, -0.05) is 40.8 Å². The van der Waals surface area contributed by atoms with Crippen LogP contribution in [-0.4, -0.2) is 63.4 Å². The van der Waals surface area contributed by atoms with Gasteiger partial charge < -0.3 is 9.47 Å². The van der Waals surface area contributed by atoms with E-state index in [2.05, 4.69) is 44.5 Å². The molecule has 4 nitrogen and oxygen atoms in total. The van der Waals surface area contributed by atoms with Gasteiger partial charge in [0.2, 0.25) is 0 Å². The molecule has 0 saturated carbocycles. The molecule has 5 heteroatoms. The largest absolute Gasteiger partial charge is 0.496 e. The molecule has 1 atom stereocenters. The standard InChI is InChI=1S/C15H23IN2O2/c1-19-12-11-17-7-9-18(10-8-17)15(16)13-5-3-4-6-14(13)20-2/h3-6,15H,7-12H2,1-2H3. The fraction of sp³-hybridized carbons (Fsp3) is 0.600. The van der Waals surface area contributed by atoms with E-state index in [0.29, 0.717) is 4.05 Å². The fourth-order valence-corrected chi connectivity index (χ4v) is 3.57. The summed E-state index contributed by atoms with van der Waals surface area (Å²) >= 11 is 2.51. The summed E-state index contributed by atoms with van der Waals surface area (Å²) in [4.78, 5) is 4.98. The molecule has 1 aromatic rings. The molecule has 112 valence electrons. The van der Waals surface area contributed by atoms with Gasteiger partial charge >= 0.3 is 0 Å². The van der Waals surface area contributed by atoms with Crippen molar-refractivity contribution in [3.8, 4) is 5.75 Å². The molecule has 2 rings (SSSR count). The number of rotatable bonds is 6. The molecule has 0 amide bonds. The molecule has 1 unspecified atom stereocenters. The molecule has 20 heavy (non-hydrogen) atoms. The highest BCUT2D eigenvalue weighted by atomic mass is 127. The Kier molecular flexibility index (Phi) is 6.54. The van der Waals surface area contributed by atoms with Gasteiger partial charge in [0.15, 0.2) is 0 Å². The predicted molar refractivity (Wildman–Crippen MR) is 89.6 cm³/mol. The quantitative estimate of drug-likeness (QED) is 0.423. The Bertz CT molecular complexity index is 409. The lowest BCUT2D eigenvalue weighted by Crippen LogP contribution is -2.47. The van der Waals surface area contributed by atoms with Gasteiger partial charge in [-0.25, -0.2) is 0 Å². The third-order valence-electron chi connectivity index (χ3n) is 3.73. The molecule has 1 heterocycles. The van der Waals surface area contributed by atoms with E-state index >= 15 is 0 Å². The summed E-state index contributed by atoms with van der Waals surface area (Å²) in [7, 11) is 3.50. The maximum Gasteiger partial charge on any atom is 0.124 e. The monoisotopic (exact) mass is 390 g/mol. The first-order valence-electron chi connectivity index (χ1n) is 6.98. The van der Waals surface area contributed by atoms with Crippen LogP contribution in [0.3, 0.4) is 0 Å². The minimum absolute atomic E-state index is 0.369. The highest BCUT2D eigenvalue weighted by Gasteiger charge is 2.24. The van der Waals surface area contributed by atoms with E-state index in [4.69, 9.17) is 9.47 Å². The Hall–Kier alpha value is -0.370. The average molecular weight is 390 g/mol. The van der Waals surface area contributed by atoms with Crippen LogP contribution in [0.4, 0.5) is 0 Å². The van der Waals surface area contributed by atoms with Crippen LogP contribution < -0.4 is 4.74 Å². The van der Waals surface area contributed by atoms with Crippen molar-refractivity contribution in [2.45, 2.75) is 4.05 Å². The van der Waals surface area contributed by atoms with Gasteiger partial charge in [0.25, 0.3) is 0 Å². The van der Waals surface area contributed by atoms with Gasteiger partial charge in [-0.2, -0.15) is 0 Å². The number of para-hydroxylation sites is 1. The third kappa shape index (κ3) is 4.07. The Labute approximate surface area is 135 Å². The Morgan fingerprint density at radius 3 is 2.50 bits per heavy atom. The number of piperazine rings is 1. The molecule has 0 aliphatic carbocycles. The molecule has 0 aromatic heterocycles. The van der Waals surface area contributed by atoms with E-state index < -0.39 is 0 Å². The summed E-state index contributed by atoms with van der Waals surface area (Å²) in [6.45, 7) is 6.26. The molecule has 0 spiro atoms. The third-order valence-corrected chi connectivity index (χ3v) is 5.19. The van der Waals surface area contributed by atoms with Gasteiger partial charge in [-0.3, -0.25) is 9.80 Å². The van der Waals surface area contributed by atoms with Gasteiger partial charge in [-0.05, 0) is 6.07 Å². The second kappa shape index (κ2) is 8.17. The van der Waals surface area contributed by atoms with E-state index in [-0.39, 0.29) is 0 Å². The SMILES string of the molecule is COCCN1CCN(C(I)c2ccccc2OC)CC1. The number of alkyl halides is 1. The highest BCUT2D eigenvalue weighted by Crippen LogP contribution is 2.34. The van der Waals surface area contributed by atoms with Crippen molar-refractivity contribution in [3.63, 3.8) is 0 Å². The second-order valence-electron chi connectivity index (χ2n) is 4.95. The van der Waals surface area contributed by atoms with Crippen LogP contribution in [0.5, 0.6) is 5.75 Å². The van der Waals surface area contributed by atoms with Crippen molar-refractivity contribution in [2.75, 3.05) is 53.6 Å². The lowest BCUT2D eigenvalue weighted by molar-refractivity contribution is 0.0942. The number of nitrogens with zero attached hydrogens (tertiary/aromatic N) is 2. The van der Waals surface area contributed by atoms with Gasteiger partial charge in [-0.15, -0.1) is 0 Å². The molecule has 1 fully saturated rings. The van der Waals surface area contributed by atoms with Crippen molar-refractivity contribution >= 4 is 22.6 Å². The maximum atomic E-state index is 5.47.